The third-order valence-corrected chi connectivity index (χ3v) is 3.56. The molecule has 2 rings (SSSR count). The van der Waals surface area contributed by atoms with E-state index >= 15 is 0 Å². The predicted molar refractivity (Wildman–Crippen MR) is 70.4 cm³/mol. The lowest BCUT2D eigenvalue weighted by Crippen LogP contribution is -2.21. The fourth-order valence-corrected chi connectivity index (χ4v) is 2.30. The number of pyridine rings is 1. The van der Waals surface area contributed by atoms with E-state index in [9.17, 15) is 0 Å². The fourth-order valence-electron chi connectivity index (χ4n) is 2.30. The first-order valence-electron chi connectivity index (χ1n) is 6.13. The first-order chi connectivity index (χ1) is 8.08. The molecular formula is C13H20N4. The fraction of sp³-hybridized carbons (Fsp3) is 0.538. The number of anilines is 1. The van der Waals surface area contributed by atoms with Gasteiger partial charge < -0.3 is 10.6 Å². The van der Waals surface area contributed by atoms with Crippen molar-refractivity contribution in [3.05, 3.63) is 24.0 Å². The van der Waals surface area contributed by atoms with E-state index in [1.165, 1.54) is 6.42 Å². The quantitative estimate of drug-likeness (QED) is 0.617. The van der Waals surface area contributed by atoms with Crippen LogP contribution in [0.25, 0.3) is 0 Å². The molecule has 1 aromatic rings. The molecule has 0 radical (unpaired) electrons. The Kier molecular flexibility index (Phi) is 3.31. The van der Waals surface area contributed by atoms with E-state index in [1.54, 1.807) is 0 Å². The van der Waals surface area contributed by atoms with Gasteiger partial charge in [-0.1, -0.05) is 13.8 Å². The van der Waals surface area contributed by atoms with Crippen LogP contribution < -0.4 is 10.6 Å². The van der Waals surface area contributed by atoms with Gasteiger partial charge in [-0.2, -0.15) is 0 Å². The lowest BCUT2D eigenvalue weighted by atomic mass is 9.95. The molecule has 17 heavy (non-hydrogen) atoms. The number of nitrogens with one attached hydrogen (secondary N) is 1. The molecule has 92 valence electrons. The Morgan fingerprint density at radius 2 is 2.29 bits per heavy atom. The number of hydrogen-bond acceptors (Lipinski definition) is 3. The van der Waals surface area contributed by atoms with Gasteiger partial charge in [0.05, 0.1) is 11.9 Å². The lowest BCUT2D eigenvalue weighted by molar-refractivity contribution is 0.423. The highest BCUT2D eigenvalue weighted by atomic mass is 15.2. The Morgan fingerprint density at radius 3 is 2.76 bits per heavy atom. The molecule has 2 heterocycles. The number of amidine groups is 1. The minimum absolute atomic E-state index is 0.0260. The third kappa shape index (κ3) is 2.57. The summed E-state index contributed by atoms with van der Waals surface area (Å²) in [5.41, 5.74) is 7.07. The summed E-state index contributed by atoms with van der Waals surface area (Å²) in [6.45, 7) is 6.78. The lowest BCUT2D eigenvalue weighted by Gasteiger charge is -2.19. The summed E-state index contributed by atoms with van der Waals surface area (Å²) in [6.07, 6.45) is 3.07. The molecule has 1 aromatic heterocycles. The van der Waals surface area contributed by atoms with Gasteiger partial charge in [0.1, 0.15) is 11.5 Å². The molecule has 0 bridgehead atoms. The Bertz CT molecular complexity index is 396. The number of rotatable bonds is 3. The molecule has 0 aliphatic carbocycles. The summed E-state index contributed by atoms with van der Waals surface area (Å²) in [6, 6.07) is 3.83. The van der Waals surface area contributed by atoms with Crippen LogP contribution in [0.15, 0.2) is 18.3 Å². The molecule has 1 saturated heterocycles. The number of nitrogens with zero attached hydrogens (tertiary/aromatic N) is 2. The van der Waals surface area contributed by atoms with Gasteiger partial charge in [0.2, 0.25) is 0 Å². The molecule has 0 spiro atoms. The molecule has 4 heteroatoms. The van der Waals surface area contributed by atoms with Crippen LogP contribution in [0.4, 0.5) is 5.69 Å². The maximum Gasteiger partial charge on any atom is 0.141 e. The van der Waals surface area contributed by atoms with E-state index in [2.05, 4.69) is 23.7 Å². The minimum atomic E-state index is 0.0260. The molecule has 0 saturated carbocycles. The molecule has 0 aromatic carbocycles. The van der Waals surface area contributed by atoms with E-state index in [4.69, 9.17) is 11.1 Å². The summed E-state index contributed by atoms with van der Waals surface area (Å²) in [5.74, 6) is 1.55. The summed E-state index contributed by atoms with van der Waals surface area (Å²) in [5, 5.41) is 7.31. The summed E-state index contributed by atoms with van der Waals surface area (Å²) in [4.78, 5) is 6.56. The van der Waals surface area contributed by atoms with Crippen molar-refractivity contribution in [2.45, 2.75) is 20.3 Å². The highest BCUT2D eigenvalue weighted by Gasteiger charge is 2.24. The standard InChI is InChI=1S/C13H20N4/c1-9(2)10-5-6-17(8-10)11-3-4-12(13(14)15)16-7-11/h3-4,7,9-10H,5-6,8H2,1-2H3,(H3,14,15). The monoisotopic (exact) mass is 232 g/mol. The third-order valence-electron chi connectivity index (χ3n) is 3.56. The van der Waals surface area contributed by atoms with E-state index in [-0.39, 0.29) is 5.84 Å². The zero-order valence-corrected chi connectivity index (χ0v) is 10.5. The van der Waals surface area contributed by atoms with Gasteiger partial charge in [-0.05, 0) is 30.4 Å². The number of nitrogens with two attached hydrogens (primary N) is 1. The van der Waals surface area contributed by atoms with Crippen LogP contribution in [-0.4, -0.2) is 23.9 Å². The Hall–Kier alpha value is -1.58. The molecule has 0 amide bonds. The Balaban J connectivity index is 2.06. The zero-order valence-electron chi connectivity index (χ0n) is 10.5. The van der Waals surface area contributed by atoms with E-state index in [1.807, 2.05) is 18.3 Å². The van der Waals surface area contributed by atoms with Gasteiger partial charge in [0, 0.05) is 13.1 Å². The highest BCUT2D eigenvalue weighted by molar-refractivity contribution is 5.93. The molecule has 1 fully saturated rings. The van der Waals surface area contributed by atoms with Crippen molar-refractivity contribution in [3.63, 3.8) is 0 Å². The maximum atomic E-state index is 7.31. The van der Waals surface area contributed by atoms with Crippen molar-refractivity contribution in [1.29, 1.82) is 5.41 Å². The first-order valence-corrected chi connectivity index (χ1v) is 6.13. The topological polar surface area (TPSA) is 66.0 Å². The minimum Gasteiger partial charge on any atom is -0.382 e. The van der Waals surface area contributed by atoms with Gasteiger partial charge >= 0.3 is 0 Å². The average Bonchev–Trinajstić information content (AvgIpc) is 2.78. The normalized spacial score (nSPS) is 19.9. The summed E-state index contributed by atoms with van der Waals surface area (Å²) in [7, 11) is 0. The van der Waals surface area contributed by atoms with Crippen molar-refractivity contribution in [2.24, 2.45) is 17.6 Å². The molecule has 1 aliphatic rings. The summed E-state index contributed by atoms with van der Waals surface area (Å²) >= 11 is 0. The Labute approximate surface area is 102 Å². The van der Waals surface area contributed by atoms with Gasteiger partial charge in [-0.15, -0.1) is 0 Å². The van der Waals surface area contributed by atoms with Crippen LogP contribution in [0.1, 0.15) is 26.0 Å². The molecule has 3 N–H and O–H groups in total. The second-order valence-corrected chi connectivity index (χ2v) is 5.05. The average molecular weight is 232 g/mol. The highest BCUT2D eigenvalue weighted by Crippen LogP contribution is 2.27. The Morgan fingerprint density at radius 1 is 1.53 bits per heavy atom. The van der Waals surface area contributed by atoms with Crippen LogP contribution >= 0.6 is 0 Å². The largest absolute Gasteiger partial charge is 0.382 e. The predicted octanol–water partition coefficient (Wildman–Crippen LogP) is 1.85. The molecular weight excluding hydrogens is 212 g/mol. The second-order valence-electron chi connectivity index (χ2n) is 5.05. The van der Waals surface area contributed by atoms with Crippen LogP contribution in [0.2, 0.25) is 0 Å². The van der Waals surface area contributed by atoms with E-state index in [0.717, 1.165) is 30.6 Å². The second kappa shape index (κ2) is 4.73. The van der Waals surface area contributed by atoms with Crippen molar-refractivity contribution in [3.8, 4) is 0 Å². The van der Waals surface area contributed by atoms with Crippen LogP contribution in [0.3, 0.4) is 0 Å². The molecule has 1 aliphatic heterocycles. The molecule has 1 unspecified atom stereocenters. The van der Waals surface area contributed by atoms with Gasteiger partial charge in [0.25, 0.3) is 0 Å². The van der Waals surface area contributed by atoms with Crippen molar-refractivity contribution in [2.75, 3.05) is 18.0 Å². The van der Waals surface area contributed by atoms with Gasteiger partial charge in [-0.3, -0.25) is 10.4 Å². The van der Waals surface area contributed by atoms with E-state index in [0.29, 0.717) is 5.69 Å². The smallest absolute Gasteiger partial charge is 0.141 e. The van der Waals surface area contributed by atoms with Crippen molar-refractivity contribution >= 4 is 11.5 Å². The van der Waals surface area contributed by atoms with Gasteiger partial charge in [0.15, 0.2) is 0 Å². The maximum absolute atomic E-state index is 7.31. The van der Waals surface area contributed by atoms with Crippen molar-refractivity contribution < 1.29 is 0 Å². The molecule has 4 nitrogen and oxygen atoms in total. The zero-order chi connectivity index (χ0) is 12.4. The van der Waals surface area contributed by atoms with E-state index < -0.39 is 0 Å². The van der Waals surface area contributed by atoms with Gasteiger partial charge in [-0.25, -0.2) is 0 Å². The van der Waals surface area contributed by atoms with Crippen LogP contribution in [0, 0.1) is 17.2 Å². The molecule has 1 atom stereocenters. The number of nitrogen functional groups attached to an aromatic ring is 1. The number of aromatic nitrogens is 1. The first kappa shape index (κ1) is 11.9. The summed E-state index contributed by atoms with van der Waals surface area (Å²) < 4.78 is 0. The van der Waals surface area contributed by atoms with Crippen molar-refractivity contribution in [1.82, 2.24) is 4.98 Å². The number of hydrogen-bond donors (Lipinski definition) is 2. The SMILES string of the molecule is CC(C)C1CCN(c2ccc(C(=N)N)nc2)C1. The van der Waals surface area contributed by atoms with Crippen LogP contribution in [-0.2, 0) is 0 Å². The van der Waals surface area contributed by atoms with Crippen LogP contribution in [0.5, 0.6) is 0 Å².